The monoisotopic (exact) mass is 339 g/mol. The lowest BCUT2D eigenvalue weighted by molar-refractivity contribution is -0.122. The number of carbonyl (C=O) groups is 1. The molecule has 0 fully saturated rings. The summed E-state index contributed by atoms with van der Waals surface area (Å²) in [5.74, 6) is 0.901. The lowest BCUT2D eigenvalue weighted by atomic mass is 9.87. The molecule has 2 rings (SSSR count). The molecule has 2 aromatic rings. The van der Waals surface area contributed by atoms with Gasteiger partial charge in [-0.25, -0.2) is 0 Å². The zero-order valence-electron chi connectivity index (χ0n) is 16.1. The molecule has 134 valence electrons. The second-order valence-corrected chi connectivity index (χ2v) is 7.77. The number of amides is 1. The van der Waals surface area contributed by atoms with Crippen LogP contribution in [0.3, 0.4) is 0 Å². The van der Waals surface area contributed by atoms with E-state index >= 15 is 0 Å². The maximum atomic E-state index is 12.5. The van der Waals surface area contributed by atoms with Crippen molar-refractivity contribution in [1.82, 2.24) is 0 Å². The summed E-state index contributed by atoms with van der Waals surface area (Å²) in [5.41, 5.74) is 3.31. The lowest BCUT2D eigenvalue weighted by Gasteiger charge is -2.20. The molecule has 1 atom stereocenters. The van der Waals surface area contributed by atoms with Gasteiger partial charge in [-0.15, -0.1) is 0 Å². The van der Waals surface area contributed by atoms with E-state index in [-0.39, 0.29) is 11.3 Å². The maximum absolute atomic E-state index is 12.5. The first kappa shape index (κ1) is 19.0. The Morgan fingerprint density at radius 3 is 2.12 bits per heavy atom. The van der Waals surface area contributed by atoms with Gasteiger partial charge < -0.3 is 10.1 Å². The third-order valence-corrected chi connectivity index (χ3v) is 4.24. The molecule has 0 radical (unpaired) electrons. The van der Waals surface area contributed by atoms with Gasteiger partial charge in [-0.3, -0.25) is 4.79 Å². The highest BCUT2D eigenvalue weighted by Crippen LogP contribution is 2.26. The number of benzene rings is 2. The average molecular weight is 339 g/mol. The van der Waals surface area contributed by atoms with E-state index in [2.05, 4.69) is 39.9 Å². The standard InChI is InChI=1S/C22H29NO2/c1-15(2)19-9-7-8-10-20(19)23-21(24)16(3)25-18-13-11-17(12-14-18)22(4,5)6/h7-16H,1-6H3,(H,23,24)/t16-/m1/s1. The van der Waals surface area contributed by atoms with Crippen molar-refractivity contribution in [3.63, 3.8) is 0 Å². The molecule has 1 N–H and O–H groups in total. The molecule has 0 saturated heterocycles. The van der Waals surface area contributed by atoms with Crippen LogP contribution in [-0.2, 0) is 10.2 Å². The summed E-state index contributed by atoms with van der Waals surface area (Å²) in [4.78, 5) is 12.5. The molecule has 3 nitrogen and oxygen atoms in total. The molecule has 0 unspecified atom stereocenters. The predicted octanol–water partition coefficient (Wildman–Crippen LogP) is 5.51. The van der Waals surface area contributed by atoms with E-state index in [9.17, 15) is 4.79 Å². The lowest BCUT2D eigenvalue weighted by Crippen LogP contribution is -2.30. The van der Waals surface area contributed by atoms with E-state index in [4.69, 9.17) is 4.74 Å². The summed E-state index contributed by atoms with van der Waals surface area (Å²) in [6, 6.07) is 15.8. The van der Waals surface area contributed by atoms with Crippen LogP contribution in [0.4, 0.5) is 5.69 Å². The highest BCUT2D eigenvalue weighted by Gasteiger charge is 2.18. The van der Waals surface area contributed by atoms with Crippen LogP contribution in [0.25, 0.3) is 0 Å². The van der Waals surface area contributed by atoms with Gasteiger partial charge in [-0.2, -0.15) is 0 Å². The quantitative estimate of drug-likeness (QED) is 0.779. The van der Waals surface area contributed by atoms with Gasteiger partial charge in [-0.05, 0) is 47.6 Å². The summed E-state index contributed by atoms with van der Waals surface area (Å²) in [7, 11) is 0. The number of nitrogens with one attached hydrogen (secondary N) is 1. The van der Waals surface area contributed by atoms with E-state index in [1.54, 1.807) is 6.92 Å². The number of carbonyl (C=O) groups excluding carboxylic acids is 1. The molecule has 0 spiro atoms. The summed E-state index contributed by atoms with van der Waals surface area (Å²) in [6.07, 6.45) is -0.569. The second kappa shape index (κ2) is 7.73. The first-order chi connectivity index (χ1) is 11.7. The largest absolute Gasteiger partial charge is 0.481 e. The van der Waals surface area contributed by atoms with Crippen LogP contribution in [0.5, 0.6) is 5.75 Å². The molecular formula is C22H29NO2. The molecule has 0 aliphatic rings. The summed E-state index contributed by atoms with van der Waals surface area (Å²) in [6.45, 7) is 12.5. The summed E-state index contributed by atoms with van der Waals surface area (Å²) >= 11 is 0. The van der Waals surface area contributed by atoms with Crippen molar-refractivity contribution in [3.8, 4) is 5.75 Å². The molecule has 0 saturated carbocycles. The van der Waals surface area contributed by atoms with Crippen molar-refractivity contribution >= 4 is 11.6 Å². The average Bonchev–Trinajstić information content (AvgIpc) is 2.54. The smallest absolute Gasteiger partial charge is 0.265 e. The van der Waals surface area contributed by atoms with E-state index < -0.39 is 6.10 Å². The number of para-hydroxylation sites is 1. The first-order valence-electron chi connectivity index (χ1n) is 8.85. The third kappa shape index (κ3) is 5.09. The van der Waals surface area contributed by atoms with Gasteiger partial charge in [-0.1, -0.05) is 65.0 Å². The minimum atomic E-state index is -0.569. The summed E-state index contributed by atoms with van der Waals surface area (Å²) < 4.78 is 5.80. The van der Waals surface area contributed by atoms with Crippen LogP contribution < -0.4 is 10.1 Å². The van der Waals surface area contributed by atoms with Crippen LogP contribution >= 0.6 is 0 Å². The Morgan fingerprint density at radius 1 is 0.960 bits per heavy atom. The van der Waals surface area contributed by atoms with Gasteiger partial charge in [0.15, 0.2) is 6.10 Å². The van der Waals surface area contributed by atoms with E-state index in [1.807, 2.05) is 48.5 Å². The van der Waals surface area contributed by atoms with Gasteiger partial charge in [0.25, 0.3) is 5.91 Å². The molecule has 0 bridgehead atoms. The van der Waals surface area contributed by atoms with Gasteiger partial charge in [0.05, 0.1) is 0 Å². The van der Waals surface area contributed by atoms with Crippen molar-refractivity contribution in [2.75, 3.05) is 5.32 Å². The summed E-state index contributed by atoms with van der Waals surface area (Å²) in [5, 5.41) is 2.98. The van der Waals surface area contributed by atoms with Gasteiger partial charge in [0.2, 0.25) is 0 Å². The van der Waals surface area contributed by atoms with E-state index in [1.165, 1.54) is 5.56 Å². The Kier molecular flexibility index (Phi) is 5.89. The number of hydrogen-bond donors (Lipinski definition) is 1. The molecule has 1 amide bonds. The van der Waals surface area contributed by atoms with Crippen molar-refractivity contribution in [3.05, 3.63) is 59.7 Å². The highest BCUT2D eigenvalue weighted by atomic mass is 16.5. The van der Waals surface area contributed by atoms with Crippen molar-refractivity contribution < 1.29 is 9.53 Å². The predicted molar refractivity (Wildman–Crippen MR) is 104 cm³/mol. The van der Waals surface area contributed by atoms with Crippen LogP contribution in [0, 0.1) is 0 Å². The minimum Gasteiger partial charge on any atom is -0.481 e. The Morgan fingerprint density at radius 2 is 1.56 bits per heavy atom. The molecule has 2 aromatic carbocycles. The van der Waals surface area contributed by atoms with Crippen LogP contribution in [0.1, 0.15) is 58.6 Å². The first-order valence-corrected chi connectivity index (χ1v) is 8.85. The second-order valence-electron chi connectivity index (χ2n) is 7.77. The number of ether oxygens (including phenoxy) is 1. The normalized spacial score (nSPS) is 12.8. The highest BCUT2D eigenvalue weighted by molar-refractivity contribution is 5.94. The van der Waals surface area contributed by atoms with Gasteiger partial charge in [0.1, 0.15) is 5.75 Å². The Bertz CT molecular complexity index is 712. The number of hydrogen-bond acceptors (Lipinski definition) is 2. The molecule has 0 aromatic heterocycles. The fourth-order valence-electron chi connectivity index (χ4n) is 2.64. The zero-order valence-corrected chi connectivity index (χ0v) is 16.1. The fourth-order valence-corrected chi connectivity index (χ4v) is 2.64. The van der Waals surface area contributed by atoms with E-state index in [0.29, 0.717) is 11.7 Å². The van der Waals surface area contributed by atoms with Gasteiger partial charge in [0, 0.05) is 5.69 Å². The molecule has 0 aliphatic carbocycles. The number of anilines is 1. The molecule has 0 heterocycles. The molecule has 25 heavy (non-hydrogen) atoms. The number of rotatable bonds is 5. The van der Waals surface area contributed by atoms with Crippen molar-refractivity contribution in [1.29, 1.82) is 0 Å². The van der Waals surface area contributed by atoms with Crippen molar-refractivity contribution in [2.45, 2.75) is 59.0 Å². The molecule has 0 aliphatic heterocycles. The molecular weight excluding hydrogens is 310 g/mol. The fraction of sp³-hybridized carbons (Fsp3) is 0.409. The third-order valence-electron chi connectivity index (χ3n) is 4.24. The topological polar surface area (TPSA) is 38.3 Å². The molecule has 3 heteroatoms. The van der Waals surface area contributed by atoms with Crippen LogP contribution in [-0.4, -0.2) is 12.0 Å². The van der Waals surface area contributed by atoms with Crippen LogP contribution in [0.15, 0.2) is 48.5 Å². The Hall–Kier alpha value is -2.29. The SMILES string of the molecule is CC(C)c1ccccc1NC(=O)[C@@H](C)Oc1ccc(C(C)(C)C)cc1. The Labute approximate surface area is 151 Å². The van der Waals surface area contributed by atoms with E-state index in [0.717, 1.165) is 11.3 Å². The zero-order chi connectivity index (χ0) is 18.6. The van der Waals surface area contributed by atoms with Crippen molar-refractivity contribution in [2.24, 2.45) is 0 Å². The minimum absolute atomic E-state index is 0.0993. The van der Waals surface area contributed by atoms with Gasteiger partial charge >= 0.3 is 0 Å². The maximum Gasteiger partial charge on any atom is 0.265 e. The Balaban J connectivity index is 2.04. The van der Waals surface area contributed by atoms with Crippen LogP contribution in [0.2, 0.25) is 0 Å².